The number of aryl methyl sites for hydroxylation is 2. The molecule has 2 N–H and O–H groups in total. The minimum atomic E-state index is -0.821. The topological polar surface area (TPSA) is 84.2 Å². The van der Waals surface area contributed by atoms with E-state index < -0.39 is 11.9 Å². The van der Waals surface area contributed by atoms with Crippen molar-refractivity contribution in [3.05, 3.63) is 17.5 Å². The second kappa shape index (κ2) is 6.74. The molecule has 0 bridgehead atoms. The number of carboxylic acids is 1. The van der Waals surface area contributed by atoms with Crippen LogP contribution in [0.15, 0.2) is 6.07 Å². The third-order valence-corrected chi connectivity index (χ3v) is 4.12. The van der Waals surface area contributed by atoms with E-state index >= 15 is 0 Å². The number of carbonyl (C=O) groups excluding carboxylic acids is 1. The fraction of sp³-hybridized carbons (Fsp3) is 0.667. The van der Waals surface area contributed by atoms with E-state index in [2.05, 4.69) is 10.4 Å². The van der Waals surface area contributed by atoms with Crippen LogP contribution in [0.1, 0.15) is 55.7 Å². The minimum absolute atomic E-state index is 0.220. The summed E-state index contributed by atoms with van der Waals surface area (Å²) in [5.41, 5.74) is 1.39. The summed E-state index contributed by atoms with van der Waals surface area (Å²) in [6, 6.07) is 1.51. The predicted octanol–water partition coefficient (Wildman–Crippen LogP) is 1.84. The summed E-state index contributed by atoms with van der Waals surface area (Å²) in [4.78, 5) is 23.7. The van der Waals surface area contributed by atoms with Gasteiger partial charge in [0.15, 0.2) is 0 Å². The van der Waals surface area contributed by atoms with Gasteiger partial charge in [-0.25, -0.2) is 0 Å². The lowest BCUT2D eigenvalue weighted by Gasteiger charge is -2.29. The van der Waals surface area contributed by atoms with E-state index in [-0.39, 0.29) is 11.9 Å². The van der Waals surface area contributed by atoms with E-state index in [1.165, 1.54) is 0 Å². The second-order valence-corrected chi connectivity index (χ2v) is 5.50. The summed E-state index contributed by atoms with van der Waals surface area (Å²) in [5.74, 6) is -1.52. The Kier molecular flexibility index (Phi) is 4.98. The van der Waals surface area contributed by atoms with Crippen molar-refractivity contribution in [2.75, 3.05) is 0 Å². The van der Waals surface area contributed by atoms with Crippen LogP contribution in [0.5, 0.6) is 0 Å². The monoisotopic (exact) mass is 293 g/mol. The van der Waals surface area contributed by atoms with E-state index in [0.717, 1.165) is 31.4 Å². The molecule has 1 aromatic rings. The molecule has 1 aromatic heterocycles. The number of aliphatic carboxylic acids is 1. The number of nitrogens with one attached hydrogen (secondary N) is 1. The van der Waals surface area contributed by atoms with Crippen LogP contribution in [0.2, 0.25) is 0 Å². The highest BCUT2D eigenvalue weighted by Crippen LogP contribution is 2.25. The molecule has 0 aromatic carbocycles. The van der Waals surface area contributed by atoms with Gasteiger partial charge < -0.3 is 10.4 Å². The van der Waals surface area contributed by atoms with Gasteiger partial charge in [0.1, 0.15) is 5.69 Å². The maximum absolute atomic E-state index is 12.4. The number of rotatable bonds is 5. The molecule has 2 rings (SSSR count). The molecule has 116 valence electrons. The number of carbonyl (C=O) groups is 2. The molecule has 2 unspecified atom stereocenters. The maximum atomic E-state index is 12.4. The van der Waals surface area contributed by atoms with Gasteiger partial charge >= 0.3 is 5.97 Å². The van der Waals surface area contributed by atoms with Crippen molar-refractivity contribution in [2.45, 2.75) is 58.5 Å². The van der Waals surface area contributed by atoms with Gasteiger partial charge in [0.25, 0.3) is 5.91 Å². The number of nitrogens with zero attached hydrogens (tertiary/aromatic N) is 2. The molecule has 0 aliphatic heterocycles. The number of aromatic nitrogens is 2. The number of hydrogen-bond acceptors (Lipinski definition) is 3. The molecule has 0 saturated heterocycles. The first-order valence-electron chi connectivity index (χ1n) is 7.67. The first-order chi connectivity index (χ1) is 10.1. The van der Waals surface area contributed by atoms with Gasteiger partial charge in [0.05, 0.1) is 11.6 Å². The fourth-order valence-electron chi connectivity index (χ4n) is 2.91. The third-order valence-electron chi connectivity index (χ3n) is 4.12. The molecule has 6 heteroatoms. The summed E-state index contributed by atoms with van der Waals surface area (Å²) < 4.78 is 1.67. The Bertz CT molecular complexity index is 524. The van der Waals surface area contributed by atoms with Gasteiger partial charge in [-0.3, -0.25) is 14.3 Å². The van der Waals surface area contributed by atoms with E-state index in [9.17, 15) is 14.7 Å². The van der Waals surface area contributed by atoms with Gasteiger partial charge in [-0.2, -0.15) is 5.10 Å². The van der Waals surface area contributed by atoms with Crippen LogP contribution in [0, 0.1) is 5.92 Å². The molecule has 1 aliphatic carbocycles. The summed E-state index contributed by atoms with van der Waals surface area (Å²) in [5, 5.41) is 16.5. The summed E-state index contributed by atoms with van der Waals surface area (Å²) in [6.45, 7) is 4.55. The fourth-order valence-corrected chi connectivity index (χ4v) is 2.91. The van der Waals surface area contributed by atoms with Crippen LogP contribution in [0.3, 0.4) is 0 Å². The highest BCUT2D eigenvalue weighted by atomic mass is 16.4. The lowest BCUT2D eigenvalue weighted by molar-refractivity contribution is -0.143. The molecule has 6 nitrogen and oxygen atoms in total. The second-order valence-electron chi connectivity index (χ2n) is 5.50. The first kappa shape index (κ1) is 15.5. The lowest BCUT2D eigenvalue weighted by atomic mass is 9.84. The van der Waals surface area contributed by atoms with Gasteiger partial charge in [-0.15, -0.1) is 0 Å². The molecule has 2 atom stereocenters. The van der Waals surface area contributed by atoms with E-state index in [0.29, 0.717) is 18.7 Å². The number of carboxylic acid groups (broad SMARTS) is 1. The molecule has 1 aliphatic rings. The SMILES string of the molecule is CCc1cc(C(=O)NC2CCCCC2C(=O)O)n(CC)n1. The quantitative estimate of drug-likeness (QED) is 0.867. The molecule has 0 radical (unpaired) electrons. The van der Waals surface area contributed by atoms with Crippen molar-refractivity contribution in [3.63, 3.8) is 0 Å². The van der Waals surface area contributed by atoms with Crippen molar-refractivity contribution in [2.24, 2.45) is 5.92 Å². The van der Waals surface area contributed by atoms with Crippen molar-refractivity contribution < 1.29 is 14.7 Å². The smallest absolute Gasteiger partial charge is 0.308 e. The van der Waals surface area contributed by atoms with Crippen LogP contribution in [-0.2, 0) is 17.8 Å². The van der Waals surface area contributed by atoms with Crippen LogP contribution >= 0.6 is 0 Å². The third kappa shape index (κ3) is 3.43. The predicted molar refractivity (Wildman–Crippen MR) is 78.1 cm³/mol. The zero-order valence-electron chi connectivity index (χ0n) is 12.6. The summed E-state index contributed by atoms with van der Waals surface area (Å²) >= 11 is 0. The van der Waals surface area contributed by atoms with Crippen LogP contribution in [-0.4, -0.2) is 32.8 Å². The van der Waals surface area contributed by atoms with Gasteiger partial charge in [0, 0.05) is 12.6 Å². The first-order valence-corrected chi connectivity index (χ1v) is 7.67. The van der Waals surface area contributed by atoms with Crippen molar-refractivity contribution in [1.82, 2.24) is 15.1 Å². The highest BCUT2D eigenvalue weighted by Gasteiger charge is 2.32. The Balaban J connectivity index is 2.13. The molecule has 1 heterocycles. The Labute approximate surface area is 124 Å². The molecular weight excluding hydrogens is 270 g/mol. The van der Waals surface area contributed by atoms with Crippen LogP contribution < -0.4 is 5.32 Å². The molecule has 1 fully saturated rings. The molecule has 21 heavy (non-hydrogen) atoms. The normalized spacial score (nSPS) is 22.0. The highest BCUT2D eigenvalue weighted by molar-refractivity contribution is 5.93. The Hall–Kier alpha value is -1.85. The van der Waals surface area contributed by atoms with Gasteiger partial charge in [-0.05, 0) is 32.3 Å². The minimum Gasteiger partial charge on any atom is -0.481 e. The Morgan fingerprint density at radius 2 is 2.10 bits per heavy atom. The molecule has 0 spiro atoms. The van der Waals surface area contributed by atoms with Crippen LogP contribution in [0.4, 0.5) is 0 Å². The Morgan fingerprint density at radius 1 is 1.38 bits per heavy atom. The zero-order chi connectivity index (χ0) is 15.4. The molecular formula is C15H23N3O3. The van der Waals surface area contributed by atoms with Gasteiger partial charge in [0.2, 0.25) is 0 Å². The van der Waals surface area contributed by atoms with E-state index in [4.69, 9.17) is 0 Å². The number of hydrogen-bond donors (Lipinski definition) is 2. The van der Waals surface area contributed by atoms with Crippen molar-refractivity contribution >= 4 is 11.9 Å². The Morgan fingerprint density at radius 3 is 2.71 bits per heavy atom. The lowest BCUT2D eigenvalue weighted by Crippen LogP contribution is -2.45. The molecule has 1 saturated carbocycles. The largest absolute Gasteiger partial charge is 0.481 e. The summed E-state index contributed by atoms with van der Waals surface area (Å²) in [7, 11) is 0. The van der Waals surface area contributed by atoms with Crippen molar-refractivity contribution in [1.29, 1.82) is 0 Å². The maximum Gasteiger partial charge on any atom is 0.308 e. The summed E-state index contributed by atoms with van der Waals surface area (Å²) in [6.07, 6.45) is 4.00. The molecule has 1 amide bonds. The van der Waals surface area contributed by atoms with Crippen LogP contribution in [0.25, 0.3) is 0 Å². The van der Waals surface area contributed by atoms with E-state index in [1.807, 2.05) is 13.8 Å². The van der Waals surface area contributed by atoms with E-state index in [1.54, 1.807) is 10.7 Å². The zero-order valence-corrected chi connectivity index (χ0v) is 12.6. The number of amides is 1. The van der Waals surface area contributed by atoms with Gasteiger partial charge in [-0.1, -0.05) is 19.8 Å². The average molecular weight is 293 g/mol. The van der Waals surface area contributed by atoms with Crippen molar-refractivity contribution in [3.8, 4) is 0 Å². The average Bonchev–Trinajstić information content (AvgIpc) is 2.91. The standard InChI is InChI=1S/C15H23N3O3/c1-3-10-9-13(18(4-2)17-10)14(19)16-12-8-6-5-7-11(12)15(20)21/h9,11-12H,3-8H2,1-2H3,(H,16,19)(H,20,21).